The number of carbonyl (C=O) groups excluding carboxylic acids is 1. The molecule has 0 unspecified atom stereocenters. The highest BCUT2D eigenvalue weighted by molar-refractivity contribution is 7.80. The summed E-state index contributed by atoms with van der Waals surface area (Å²) >= 11 is 5.83. The fourth-order valence-electron chi connectivity index (χ4n) is 4.39. The van der Waals surface area contributed by atoms with Gasteiger partial charge in [0.25, 0.3) is 0 Å². The second-order valence-corrected chi connectivity index (χ2v) is 8.56. The smallest absolute Gasteiger partial charge is 0.337 e. The lowest BCUT2D eigenvalue weighted by Crippen LogP contribution is -2.30. The summed E-state index contributed by atoms with van der Waals surface area (Å²) in [6.45, 7) is 2.07. The fourth-order valence-corrected chi connectivity index (χ4v) is 4.73. The molecule has 1 N–H and O–H groups in total. The number of esters is 1. The maximum atomic E-state index is 11.9. The number of ether oxygens (including phenoxy) is 1. The van der Waals surface area contributed by atoms with Crippen LogP contribution in [0, 0.1) is 6.92 Å². The van der Waals surface area contributed by atoms with E-state index < -0.39 is 0 Å². The summed E-state index contributed by atoms with van der Waals surface area (Å²) in [6.07, 6.45) is 3.82. The van der Waals surface area contributed by atoms with E-state index in [-0.39, 0.29) is 18.1 Å². The minimum atomic E-state index is -0.356. The molecule has 0 bridgehead atoms. The van der Waals surface area contributed by atoms with Crippen LogP contribution >= 0.6 is 12.2 Å². The average molecular weight is 469 g/mol. The van der Waals surface area contributed by atoms with Gasteiger partial charge in [-0.2, -0.15) is 0 Å². The molecule has 0 saturated carbocycles. The number of thiocarbonyl (C=S) groups is 1. The van der Waals surface area contributed by atoms with Crippen LogP contribution in [0.5, 0.6) is 0 Å². The first-order valence-corrected chi connectivity index (χ1v) is 11.4. The van der Waals surface area contributed by atoms with Gasteiger partial charge in [-0.05, 0) is 79.8 Å². The molecule has 6 nitrogen and oxygen atoms in total. The normalized spacial score (nSPS) is 17.5. The van der Waals surface area contributed by atoms with Crippen molar-refractivity contribution < 1.29 is 9.53 Å². The predicted molar refractivity (Wildman–Crippen MR) is 136 cm³/mol. The van der Waals surface area contributed by atoms with E-state index in [4.69, 9.17) is 17.0 Å². The molecule has 5 rings (SSSR count). The van der Waals surface area contributed by atoms with Gasteiger partial charge in [-0.15, -0.1) is 0 Å². The van der Waals surface area contributed by atoms with E-state index in [1.54, 1.807) is 18.3 Å². The van der Waals surface area contributed by atoms with Crippen molar-refractivity contribution in [2.24, 2.45) is 0 Å². The summed E-state index contributed by atoms with van der Waals surface area (Å²) in [5.41, 5.74) is 5.62. The zero-order chi connectivity index (χ0) is 23.7. The van der Waals surface area contributed by atoms with Crippen molar-refractivity contribution in [1.82, 2.24) is 14.9 Å². The van der Waals surface area contributed by atoms with Crippen molar-refractivity contribution in [2.75, 3.05) is 12.0 Å². The third-order valence-electron chi connectivity index (χ3n) is 6.06. The average Bonchev–Trinajstić information content (AvgIpc) is 3.49. The molecule has 34 heavy (non-hydrogen) atoms. The van der Waals surface area contributed by atoms with Gasteiger partial charge in [0.05, 0.1) is 24.4 Å². The highest BCUT2D eigenvalue weighted by Crippen LogP contribution is 2.42. The summed E-state index contributed by atoms with van der Waals surface area (Å²) in [5, 5.41) is 4.15. The van der Waals surface area contributed by atoms with Gasteiger partial charge >= 0.3 is 5.97 Å². The second kappa shape index (κ2) is 9.11. The van der Waals surface area contributed by atoms with Gasteiger partial charge in [-0.1, -0.05) is 23.8 Å². The number of aromatic nitrogens is 2. The van der Waals surface area contributed by atoms with E-state index in [0.717, 1.165) is 22.8 Å². The number of pyridine rings is 1. The van der Waals surface area contributed by atoms with Gasteiger partial charge in [-0.3, -0.25) is 4.98 Å². The van der Waals surface area contributed by atoms with Gasteiger partial charge in [0.15, 0.2) is 5.11 Å². The molecule has 0 radical (unpaired) electrons. The van der Waals surface area contributed by atoms with E-state index in [1.165, 1.54) is 12.7 Å². The first kappa shape index (κ1) is 21.9. The molecule has 170 valence electrons. The third kappa shape index (κ3) is 3.95. The van der Waals surface area contributed by atoms with Gasteiger partial charge in [0, 0.05) is 29.5 Å². The highest BCUT2D eigenvalue weighted by Gasteiger charge is 2.42. The maximum Gasteiger partial charge on any atom is 0.337 e. The molecule has 3 heterocycles. The van der Waals surface area contributed by atoms with Crippen LogP contribution in [0.15, 0.2) is 91.3 Å². The lowest BCUT2D eigenvalue weighted by molar-refractivity contribution is 0.0600. The van der Waals surface area contributed by atoms with Gasteiger partial charge in [-0.25, -0.2) is 4.79 Å². The van der Waals surface area contributed by atoms with Crippen LogP contribution in [0.2, 0.25) is 0 Å². The monoisotopic (exact) mass is 468 g/mol. The van der Waals surface area contributed by atoms with Crippen molar-refractivity contribution >= 4 is 29.0 Å². The molecule has 0 spiro atoms. The predicted octanol–water partition coefficient (Wildman–Crippen LogP) is 5.14. The summed E-state index contributed by atoms with van der Waals surface area (Å²) in [6, 6.07) is 25.5. The largest absolute Gasteiger partial charge is 0.465 e. The van der Waals surface area contributed by atoms with Crippen molar-refractivity contribution in [3.8, 4) is 5.69 Å². The summed E-state index contributed by atoms with van der Waals surface area (Å²) < 4.78 is 6.96. The number of nitrogens with zero attached hydrogens (tertiary/aromatic N) is 3. The van der Waals surface area contributed by atoms with E-state index >= 15 is 0 Å². The third-order valence-corrected chi connectivity index (χ3v) is 6.37. The fraction of sp³-hybridized carbons (Fsp3) is 0.148. The number of nitrogens with one attached hydrogen (secondary N) is 1. The molecule has 2 aromatic carbocycles. The molecule has 1 saturated heterocycles. The SMILES string of the molecule is COC(=O)c1ccc(-n2cccc2[C@@H]2[C@@H](c3ccccn3)NC(=S)N2c2ccc(C)cc2)cc1. The maximum absolute atomic E-state index is 11.9. The molecule has 2 atom stereocenters. The van der Waals surface area contributed by atoms with Crippen molar-refractivity contribution in [3.63, 3.8) is 0 Å². The molecule has 1 fully saturated rings. The molecule has 1 aliphatic heterocycles. The summed E-state index contributed by atoms with van der Waals surface area (Å²) in [5.74, 6) is -0.356. The molecule has 7 heteroatoms. The van der Waals surface area contributed by atoms with Gasteiger partial charge in [0.1, 0.15) is 6.04 Å². The van der Waals surface area contributed by atoms with E-state index in [1.807, 2.05) is 42.6 Å². The van der Waals surface area contributed by atoms with Crippen molar-refractivity contribution in [3.05, 3.63) is 114 Å². The van der Waals surface area contributed by atoms with Crippen LogP contribution in [0.1, 0.15) is 39.4 Å². The first-order valence-electron chi connectivity index (χ1n) is 11.0. The Balaban J connectivity index is 1.61. The topological polar surface area (TPSA) is 59.4 Å². The summed E-state index contributed by atoms with van der Waals surface area (Å²) in [4.78, 5) is 18.7. The van der Waals surface area contributed by atoms with Crippen molar-refractivity contribution in [2.45, 2.75) is 19.0 Å². The number of benzene rings is 2. The Hall–Kier alpha value is -3.97. The number of hydrogen-bond acceptors (Lipinski definition) is 4. The Bertz CT molecular complexity index is 1320. The van der Waals surface area contributed by atoms with Crippen LogP contribution in [0.3, 0.4) is 0 Å². The zero-order valence-corrected chi connectivity index (χ0v) is 19.7. The number of hydrogen-bond donors (Lipinski definition) is 1. The number of anilines is 1. The first-order chi connectivity index (χ1) is 16.6. The van der Waals surface area contributed by atoms with E-state index in [9.17, 15) is 4.79 Å². The van der Waals surface area contributed by atoms with E-state index in [0.29, 0.717) is 10.7 Å². The Morgan fingerprint density at radius 2 is 1.71 bits per heavy atom. The molecule has 2 aromatic heterocycles. The van der Waals surface area contributed by atoms with Gasteiger partial charge < -0.3 is 19.5 Å². The molecular formula is C27H24N4O2S. The second-order valence-electron chi connectivity index (χ2n) is 8.17. The molecule has 4 aromatic rings. The zero-order valence-electron chi connectivity index (χ0n) is 18.9. The minimum Gasteiger partial charge on any atom is -0.465 e. The highest BCUT2D eigenvalue weighted by atomic mass is 32.1. The Labute approximate surface area is 203 Å². The number of rotatable bonds is 5. The Morgan fingerprint density at radius 3 is 2.38 bits per heavy atom. The van der Waals surface area contributed by atoms with Crippen LogP contribution in [0.25, 0.3) is 5.69 Å². The number of aryl methyl sites for hydroxylation is 1. The number of methoxy groups -OCH3 is 1. The Morgan fingerprint density at radius 1 is 0.971 bits per heavy atom. The van der Waals surface area contributed by atoms with Crippen LogP contribution < -0.4 is 10.2 Å². The molecular weight excluding hydrogens is 444 g/mol. The molecule has 0 amide bonds. The molecule has 0 aliphatic carbocycles. The van der Waals surface area contributed by atoms with E-state index in [2.05, 4.69) is 57.0 Å². The van der Waals surface area contributed by atoms with Crippen molar-refractivity contribution in [1.29, 1.82) is 0 Å². The summed E-state index contributed by atoms with van der Waals surface area (Å²) in [7, 11) is 1.38. The van der Waals surface area contributed by atoms with Crippen LogP contribution in [0.4, 0.5) is 5.69 Å². The Kier molecular flexibility index (Phi) is 5.86. The van der Waals surface area contributed by atoms with Gasteiger partial charge in [0.2, 0.25) is 0 Å². The quantitative estimate of drug-likeness (QED) is 0.323. The lowest BCUT2D eigenvalue weighted by atomic mass is 10.0. The van der Waals surface area contributed by atoms with Crippen LogP contribution in [-0.4, -0.2) is 27.7 Å². The minimum absolute atomic E-state index is 0.139. The number of carbonyl (C=O) groups is 1. The van der Waals surface area contributed by atoms with Crippen LogP contribution in [-0.2, 0) is 4.74 Å². The molecule has 1 aliphatic rings. The lowest BCUT2D eigenvalue weighted by Gasteiger charge is -2.29. The standard InChI is InChI=1S/C27H24N4O2S/c1-18-8-12-21(13-9-18)31-25(24(29-27(31)34)22-6-3-4-16-28-22)23-7-5-17-30(23)20-14-10-19(11-15-20)26(32)33-2/h3-17,24-25H,1-2H3,(H,29,34)/t24-,25-/m1/s1.